The van der Waals surface area contributed by atoms with Crippen molar-refractivity contribution in [3.8, 4) is 0 Å². The number of guanidine groups is 1. The van der Waals surface area contributed by atoms with Crippen molar-refractivity contribution in [1.29, 1.82) is 5.41 Å². The number of hydrogen-bond acceptors (Lipinski definition) is 3. The Hall–Kier alpha value is -1.10. The van der Waals surface area contributed by atoms with E-state index in [1.807, 2.05) is 0 Å². The first-order chi connectivity index (χ1) is 6.25. The van der Waals surface area contributed by atoms with E-state index in [4.69, 9.17) is 11.1 Å². The van der Waals surface area contributed by atoms with Crippen LogP contribution in [0.4, 0.5) is 5.13 Å². The number of aryl methyl sites for hydroxylation is 2. The second-order valence-corrected chi connectivity index (χ2v) is 4.22. The first kappa shape index (κ1) is 8.50. The lowest BCUT2D eigenvalue weighted by Gasteiger charge is -2.06. The van der Waals surface area contributed by atoms with Gasteiger partial charge < -0.3 is 11.1 Å². The van der Waals surface area contributed by atoms with E-state index in [2.05, 4.69) is 10.3 Å². The SMILES string of the molecule is N=C(N)Nc1nc2c(s1)CCCC2. The predicted octanol–water partition coefficient (Wildman–Crippen LogP) is 1.33. The van der Waals surface area contributed by atoms with E-state index >= 15 is 0 Å². The van der Waals surface area contributed by atoms with Gasteiger partial charge in [0.05, 0.1) is 5.69 Å². The summed E-state index contributed by atoms with van der Waals surface area (Å²) >= 11 is 1.62. The van der Waals surface area contributed by atoms with Crippen LogP contribution in [0.5, 0.6) is 0 Å². The maximum atomic E-state index is 7.07. The van der Waals surface area contributed by atoms with Gasteiger partial charge >= 0.3 is 0 Å². The van der Waals surface area contributed by atoms with Crippen LogP contribution < -0.4 is 11.1 Å². The Kier molecular flexibility index (Phi) is 2.18. The standard InChI is InChI=1S/C8H12N4S/c9-7(10)12-8-11-5-3-1-2-4-6(5)13-8/h1-4H2,(H4,9,10,11,12). The second-order valence-electron chi connectivity index (χ2n) is 3.13. The third-order valence-corrected chi connectivity index (χ3v) is 3.16. The van der Waals surface area contributed by atoms with Gasteiger partial charge in [-0.15, -0.1) is 11.3 Å². The molecule has 1 aliphatic carbocycles. The molecule has 1 aromatic heterocycles. The molecule has 1 aromatic rings. The largest absolute Gasteiger partial charge is 0.370 e. The van der Waals surface area contributed by atoms with Crippen LogP contribution in [0.2, 0.25) is 0 Å². The topological polar surface area (TPSA) is 74.8 Å². The molecule has 1 heterocycles. The molecule has 5 heteroatoms. The smallest absolute Gasteiger partial charge is 0.192 e. The Morgan fingerprint density at radius 3 is 2.92 bits per heavy atom. The Bertz CT molecular complexity index is 307. The van der Waals surface area contributed by atoms with E-state index in [1.165, 1.54) is 23.4 Å². The van der Waals surface area contributed by atoms with Crippen molar-refractivity contribution in [2.24, 2.45) is 5.73 Å². The number of anilines is 1. The normalized spacial score (nSPS) is 15.1. The number of thiazole rings is 1. The highest BCUT2D eigenvalue weighted by atomic mass is 32.1. The second kappa shape index (κ2) is 3.33. The van der Waals surface area contributed by atoms with E-state index < -0.39 is 0 Å². The van der Waals surface area contributed by atoms with Gasteiger partial charge in [-0.25, -0.2) is 4.98 Å². The molecule has 0 atom stereocenters. The van der Waals surface area contributed by atoms with Crippen LogP contribution in [0.15, 0.2) is 0 Å². The Labute approximate surface area is 80.7 Å². The molecule has 0 radical (unpaired) electrons. The van der Waals surface area contributed by atoms with E-state index in [0.717, 1.165) is 18.0 Å². The van der Waals surface area contributed by atoms with Crippen molar-refractivity contribution in [2.75, 3.05) is 5.32 Å². The molecule has 1 aliphatic rings. The van der Waals surface area contributed by atoms with Crippen LogP contribution in [-0.4, -0.2) is 10.9 Å². The summed E-state index contributed by atoms with van der Waals surface area (Å²) in [4.78, 5) is 5.73. The molecular formula is C8H12N4S. The van der Waals surface area contributed by atoms with E-state index in [-0.39, 0.29) is 5.96 Å². The summed E-state index contributed by atoms with van der Waals surface area (Å²) in [5, 5.41) is 10.6. The molecule has 0 bridgehead atoms. The van der Waals surface area contributed by atoms with Crippen LogP contribution in [0.3, 0.4) is 0 Å². The number of hydrogen-bond donors (Lipinski definition) is 3. The first-order valence-electron chi connectivity index (χ1n) is 4.35. The number of aromatic nitrogens is 1. The summed E-state index contributed by atoms with van der Waals surface area (Å²) in [5.41, 5.74) is 6.42. The fourth-order valence-electron chi connectivity index (χ4n) is 1.52. The van der Waals surface area contributed by atoms with Crippen LogP contribution in [0.25, 0.3) is 0 Å². The molecular weight excluding hydrogens is 184 g/mol. The molecule has 0 spiro atoms. The molecule has 13 heavy (non-hydrogen) atoms. The van der Waals surface area contributed by atoms with Crippen LogP contribution in [-0.2, 0) is 12.8 Å². The highest BCUT2D eigenvalue weighted by Gasteiger charge is 2.14. The number of nitrogens with zero attached hydrogens (tertiary/aromatic N) is 1. The average Bonchev–Trinajstić information content (AvgIpc) is 2.44. The van der Waals surface area contributed by atoms with Crippen LogP contribution in [0.1, 0.15) is 23.4 Å². The minimum absolute atomic E-state index is 0.0360. The maximum absolute atomic E-state index is 7.07. The number of fused-ring (bicyclic) bond motifs is 1. The molecule has 0 aromatic carbocycles. The van der Waals surface area contributed by atoms with Crippen molar-refractivity contribution in [1.82, 2.24) is 4.98 Å². The van der Waals surface area contributed by atoms with Gasteiger partial charge in [0.2, 0.25) is 0 Å². The highest BCUT2D eigenvalue weighted by Crippen LogP contribution is 2.29. The molecule has 4 N–H and O–H groups in total. The van der Waals surface area contributed by atoms with E-state index in [9.17, 15) is 0 Å². The molecule has 0 saturated carbocycles. The first-order valence-corrected chi connectivity index (χ1v) is 5.17. The number of nitrogens with one attached hydrogen (secondary N) is 2. The van der Waals surface area contributed by atoms with Crippen LogP contribution >= 0.6 is 11.3 Å². The summed E-state index contributed by atoms with van der Waals surface area (Å²) in [6.45, 7) is 0. The quantitative estimate of drug-likeness (QED) is 0.468. The number of nitrogens with two attached hydrogens (primary N) is 1. The molecule has 0 unspecified atom stereocenters. The van der Waals surface area contributed by atoms with Crippen molar-refractivity contribution in [3.05, 3.63) is 10.6 Å². The van der Waals surface area contributed by atoms with Gasteiger partial charge in [-0.05, 0) is 25.7 Å². The molecule has 70 valence electrons. The minimum Gasteiger partial charge on any atom is -0.370 e. The maximum Gasteiger partial charge on any atom is 0.192 e. The van der Waals surface area contributed by atoms with Gasteiger partial charge in [0, 0.05) is 4.88 Å². The van der Waals surface area contributed by atoms with Gasteiger partial charge in [-0.1, -0.05) is 0 Å². The Morgan fingerprint density at radius 1 is 1.46 bits per heavy atom. The van der Waals surface area contributed by atoms with Crippen molar-refractivity contribution in [2.45, 2.75) is 25.7 Å². The molecule has 0 saturated heterocycles. The molecule has 2 rings (SSSR count). The zero-order valence-corrected chi connectivity index (χ0v) is 8.08. The van der Waals surface area contributed by atoms with Gasteiger partial charge in [0.1, 0.15) is 0 Å². The van der Waals surface area contributed by atoms with E-state index in [1.54, 1.807) is 11.3 Å². The van der Waals surface area contributed by atoms with Gasteiger partial charge in [0.15, 0.2) is 11.1 Å². The van der Waals surface area contributed by atoms with Gasteiger partial charge in [0.25, 0.3) is 0 Å². The summed E-state index contributed by atoms with van der Waals surface area (Å²) in [7, 11) is 0. The fourth-order valence-corrected chi connectivity index (χ4v) is 2.58. The fraction of sp³-hybridized carbons (Fsp3) is 0.500. The lowest BCUT2D eigenvalue weighted by Crippen LogP contribution is -2.20. The summed E-state index contributed by atoms with van der Waals surface area (Å²) < 4.78 is 0. The monoisotopic (exact) mass is 196 g/mol. The average molecular weight is 196 g/mol. The Morgan fingerprint density at radius 2 is 2.23 bits per heavy atom. The molecule has 4 nitrogen and oxygen atoms in total. The third-order valence-electron chi connectivity index (χ3n) is 2.09. The zero-order valence-electron chi connectivity index (χ0n) is 7.26. The Balaban J connectivity index is 2.20. The third kappa shape index (κ3) is 1.80. The zero-order chi connectivity index (χ0) is 9.26. The predicted molar refractivity (Wildman–Crippen MR) is 54.3 cm³/mol. The van der Waals surface area contributed by atoms with Gasteiger partial charge in [-0.3, -0.25) is 5.41 Å². The van der Waals surface area contributed by atoms with Gasteiger partial charge in [-0.2, -0.15) is 0 Å². The summed E-state index contributed by atoms with van der Waals surface area (Å²) in [6.07, 6.45) is 4.70. The van der Waals surface area contributed by atoms with Crippen molar-refractivity contribution < 1.29 is 0 Å². The molecule has 0 aliphatic heterocycles. The lowest BCUT2D eigenvalue weighted by molar-refractivity contribution is 0.683. The van der Waals surface area contributed by atoms with Crippen LogP contribution in [0, 0.1) is 5.41 Å². The molecule has 0 amide bonds. The minimum atomic E-state index is -0.0360. The highest BCUT2D eigenvalue weighted by molar-refractivity contribution is 7.15. The van der Waals surface area contributed by atoms with E-state index in [0.29, 0.717) is 0 Å². The van der Waals surface area contributed by atoms with Crippen molar-refractivity contribution in [3.63, 3.8) is 0 Å². The summed E-state index contributed by atoms with van der Waals surface area (Å²) in [6, 6.07) is 0. The summed E-state index contributed by atoms with van der Waals surface area (Å²) in [5.74, 6) is -0.0360. The van der Waals surface area contributed by atoms with Crippen molar-refractivity contribution >= 4 is 22.4 Å². The molecule has 0 fully saturated rings. The lowest BCUT2D eigenvalue weighted by atomic mass is 10.0. The number of rotatable bonds is 1.